The molecule has 0 radical (unpaired) electrons. The average molecular weight is 215 g/mol. The SMILES string of the molecule is CC(=O)OCC(O)c1ccc(Cl)cc1. The van der Waals surface area contributed by atoms with Crippen molar-refractivity contribution in [2.45, 2.75) is 13.0 Å². The summed E-state index contributed by atoms with van der Waals surface area (Å²) >= 11 is 5.68. The van der Waals surface area contributed by atoms with Crippen LogP contribution in [0, 0.1) is 0 Å². The van der Waals surface area contributed by atoms with Gasteiger partial charge in [-0.2, -0.15) is 0 Å². The van der Waals surface area contributed by atoms with Crippen molar-refractivity contribution < 1.29 is 14.6 Å². The van der Waals surface area contributed by atoms with Gasteiger partial charge in [-0.3, -0.25) is 4.79 Å². The summed E-state index contributed by atoms with van der Waals surface area (Å²) in [6, 6.07) is 6.73. The van der Waals surface area contributed by atoms with Crippen molar-refractivity contribution in [2.24, 2.45) is 0 Å². The number of carbonyl (C=O) groups excluding carboxylic acids is 1. The number of esters is 1. The van der Waals surface area contributed by atoms with Gasteiger partial charge in [0, 0.05) is 11.9 Å². The van der Waals surface area contributed by atoms with Gasteiger partial charge in [-0.15, -0.1) is 0 Å². The molecule has 14 heavy (non-hydrogen) atoms. The molecular formula is C10H11ClO3. The van der Waals surface area contributed by atoms with Crippen LogP contribution in [-0.2, 0) is 9.53 Å². The largest absolute Gasteiger partial charge is 0.463 e. The minimum atomic E-state index is -0.795. The van der Waals surface area contributed by atoms with E-state index in [1.807, 2.05) is 0 Å². The quantitative estimate of drug-likeness (QED) is 0.783. The molecule has 0 amide bonds. The molecule has 1 rings (SSSR count). The van der Waals surface area contributed by atoms with E-state index in [1.165, 1.54) is 6.92 Å². The Morgan fingerprint density at radius 1 is 1.50 bits per heavy atom. The molecule has 0 fully saturated rings. The molecule has 1 N–H and O–H groups in total. The Bertz CT molecular complexity index is 308. The molecule has 1 atom stereocenters. The lowest BCUT2D eigenvalue weighted by molar-refractivity contribution is -0.144. The first-order chi connectivity index (χ1) is 6.59. The van der Waals surface area contributed by atoms with E-state index in [-0.39, 0.29) is 6.61 Å². The van der Waals surface area contributed by atoms with Crippen molar-refractivity contribution in [3.63, 3.8) is 0 Å². The van der Waals surface area contributed by atoms with Crippen molar-refractivity contribution in [1.29, 1.82) is 0 Å². The molecule has 3 nitrogen and oxygen atoms in total. The van der Waals surface area contributed by atoms with Gasteiger partial charge in [-0.25, -0.2) is 0 Å². The monoisotopic (exact) mass is 214 g/mol. The maximum Gasteiger partial charge on any atom is 0.302 e. The van der Waals surface area contributed by atoms with Gasteiger partial charge in [-0.05, 0) is 17.7 Å². The predicted octanol–water partition coefficient (Wildman–Crippen LogP) is 1.94. The molecule has 1 aromatic rings. The Hall–Kier alpha value is -1.06. The van der Waals surface area contributed by atoms with E-state index in [1.54, 1.807) is 24.3 Å². The van der Waals surface area contributed by atoms with Gasteiger partial charge in [0.2, 0.25) is 0 Å². The summed E-state index contributed by atoms with van der Waals surface area (Å²) in [7, 11) is 0. The standard InChI is InChI=1S/C10H11ClO3/c1-7(12)14-6-10(13)8-2-4-9(11)5-3-8/h2-5,10,13H,6H2,1H3. The normalized spacial score (nSPS) is 12.2. The first kappa shape index (κ1) is 11.0. The summed E-state index contributed by atoms with van der Waals surface area (Å²) < 4.78 is 4.67. The zero-order valence-corrected chi connectivity index (χ0v) is 8.49. The first-order valence-electron chi connectivity index (χ1n) is 4.16. The van der Waals surface area contributed by atoms with Crippen molar-refractivity contribution in [2.75, 3.05) is 6.61 Å². The summed E-state index contributed by atoms with van der Waals surface area (Å²) in [5.74, 6) is -0.405. The second kappa shape index (κ2) is 4.98. The highest BCUT2D eigenvalue weighted by molar-refractivity contribution is 6.30. The van der Waals surface area contributed by atoms with E-state index >= 15 is 0 Å². The third-order valence-corrected chi connectivity index (χ3v) is 1.95. The van der Waals surface area contributed by atoms with Gasteiger partial charge in [0.1, 0.15) is 12.7 Å². The topological polar surface area (TPSA) is 46.5 Å². The maximum absolute atomic E-state index is 10.5. The van der Waals surface area contributed by atoms with Crippen LogP contribution >= 0.6 is 11.6 Å². The highest BCUT2D eigenvalue weighted by Gasteiger charge is 2.08. The highest BCUT2D eigenvalue weighted by Crippen LogP contribution is 2.16. The Kier molecular flexibility index (Phi) is 3.92. The molecule has 1 unspecified atom stereocenters. The molecule has 0 aromatic heterocycles. The summed E-state index contributed by atoms with van der Waals surface area (Å²) in [5.41, 5.74) is 0.677. The van der Waals surface area contributed by atoms with Crippen LogP contribution in [0.2, 0.25) is 5.02 Å². The maximum atomic E-state index is 10.5. The predicted molar refractivity (Wildman–Crippen MR) is 53.0 cm³/mol. The Morgan fingerprint density at radius 3 is 2.57 bits per heavy atom. The van der Waals surface area contributed by atoms with E-state index in [9.17, 15) is 9.90 Å². The van der Waals surface area contributed by atoms with Crippen LogP contribution in [0.25, 0.3) is 0 Å². The lowest BCUT2D eigenvalue weighted by Crippen LogP contribution is -2.09. The molecule has 0 spiro atoms. The molecule has 0 heterocycles. The minimum Gasteiger partial charge on any atom is -0.463 e. The molecule has 0 aliphatic heterocycles. The minimum absolute atomic E-state index is 0.0308. The van der Waals surface area contributed by atoms with E-state index < -0.39 is 12.1 Å². The summed E-state index contributed by atoms with van der Waals surface area (Å²) in [4.78, 5) is 10.5. The summed E-state index contributed by atoms with van der Waals surface area (Å²) in [5, 5.41) is 10.1. The van der Waals surface area contributed by atoms with E-state index in [2.05, 4.69) is 4.74 Å². The van der Waals surface area contributed by atoms with Gasteiger partial charge >= 0.3 is 5.97 Å². The highest BCUT2D eigenvalue weighted by atomic mass is 35.5. The van der Waals surface area contributed by atoms with E-state index in [0.29, 0.717) is 10.6 Å². The molecule has 0 saturated carbocycles. The molecule has 0 aliphatic carbocycles. The van der Waals surface area contributed by atoms with Gasteiger partial charge in [-0.1, -0.05) is 23.7 Å². The lowest BCUT2D eigenvalue weighted by atomic mass is 10.1. The van der Waals surface area contributed by atoms with Crippen LogP contribution in [0.15, 0.2) is 24.3 Å². The first-order valence-corrected chi connectivity index (χ1v) is 4.54. The number of ether oxygens (including phenoxy) is 1. The van der Waals surface area contributed by atoms with Crippen molar-refractivity contribution in [3.8, 4) is 0 Å². The van der Waals surface area contributed by atoms with Gasteiger partial charge < -0.3 is 9.84 Å². The Labute approximate surface area is 87.3 Å². The third-order valence-electron chi connectivity index (χ3n) is 1.70. The van der Waals surface area contributed by atoms with Crippen LogP contribution in [0.1, 0.15) is 18.6 Å². The number of hydrogen-bond donors (Lipinski definition) is 1. The van der Waals surface area contributed by atoms with Gasteiger partial charge in [0.15, 0.2) is 0 Å². The van der Waals surface area contributed by atoms with Crippen LogP contribution in [-0.4, -0.2) is 17.7 Å². The third kappa shape index (κ3) is 3.36. The number of aliphatic hydroxyl groups is 1. The van der Waals surface area contributed by atoms with Crippen molar-refractivity contribution >= 4 is 17.6 Å². The second-order valence-corrected chi connectivity index (χ2v) is 3.31. The molecule has 0 saturated heterocycles. The van der Waals surface area contributed by atoms with Crippen LogP contribution < -0.4 is 0 Å². The van der Waals surface area contributed by atoms with Crippen LogP contribution in [0.3, 0.4) is 0 Å². The Morgan fingerprint density at radius 2 is 2.07 bits per heavy atom. The van der Waals surface area contributed by atoms with Crippen molar-refractivity contribution in [3.05, 3.63) is 34.9 Å². The molecule has 0 bridgehead atoms. The fraction of sp³-hybridized carbons (Fsp3) is 0.300. The lowest BCUT2D eigenvalue weighted by Gasteiger charge is -2.10. The number of benzene rings is 1. The average Bonchev–Trinajstić information content (AvgIpc) is 2.15. The molecule has 1 aromatic carbocycles. The molecule has 76 valence electrons. The smallest absolute Gasteiger partial charge is 0.302 e. The zero-order valence-electron chi connectivity index (χ0n) is 7.74. The van der Waals surface area contributed by atoms with Gasteiger partial charge in [0.05, 0.1) is 0 Å². The Balaban J connectivity index is 2.56. The fourth-order valence-electron chi connectivity index (χ4n) is 0.977. The summed E-state index contributed by atoms with van der Waals surface area (Å²) in [6.07, 6.45) is -0.795. The summed E-state index contributed by atoms with van der Waals surface area (Å²) in [6.45, 7) is 1.27. The van der Waals surface area contributed by atoms with E-state index in [0.717, 1.165) is 0 Å². The van der Waals surface area contributed by atoms with Crippen LogP contribution in [0.5, 0.6) is 0 Å². The zero-order chi connectivity index (χ0) is 10.6. The molecule has 0 aliphatic rings. The number of halogens is 1. The van der Waals surface area contributed by atoms with Crippen molar-refractivity contribution in [1.82, 2.24) is 0 Å². The number of aliphatic hydroxyl groups excluding tert-OH is 1. The van der Waals surface area contributed by atoms with Gasteiger partial charge in [0.25, 0.3) is 0 Å². The van der Waals surface area contributed by atoms with E-state index in [4.69, 9.17) is 11.6 Å². The van der Waals surface area contributed by atoms with Crippen LogP contribution in [0.4, 0.5) is 0 Å². The molecule has 4 heteroatoms. The second-order valence-electron chi connectivity index (χ2n) is 2.87. The number of carbonyl (C=O) groups is 1. The molecular weight excluding hydrogens is 204 g/mol. The number of hydrogen-bond acceptors (Lipinski definition) is 3. The fourth-order valence-corrected chi connectivity index (χ4v) is 1.10. The number of rotatable bonds is 3.